The quantitative estimate of drug-likeness (QED) is 0.716. The normalized spacial score (nSPS) is 14.9. The van der Waals surface area contributed by atoms with Crippen LogP contribution < -0.4 is 10.1 Å². The molecule has 1 aliphatic rings. The van der Waals surface area contributed by atoms with Crippen molar-refractivity contribution in [1.82, 2.24) is 10.2 Å². The van der Waals surface area contributed by atoms with E-state index in [0.29, 0.717) is 12.1 Å². The maximum atomic E-state index is 13.2. The van der Waals surface area contributed by atoms with Crippen molar-refractivity contribution in [3.63, 3.8) is 0 Å². The van der Waals surface area contributed by atoms with Gasteiger partial charge in [-0.1, -0.05) is 37.1 Å². The van der Waals surface area contributed by atoms with Gasteiger partial charge in [0.2, 0.25) is 11.8 Å². The minimum absolute atomic E-state index is 0.109. The summed E-state index contributed by atoms with van der Waals surface area (Å²) in [5.74, 6) is 0.0786. The molecule has 0 radical (unpaired) electrons. The molecule has 0 bridgehead atoms. The Balaban J connectivity index is 1.75. The van der Waals surface area contributed by atoms with E-state index in [1.807, 2.05) is 24.3 Å². The molecular formula is C24H29FN2O3. The van der Waals surface area contributed by atoms with Crippen molar-refractivity contribution in [2.75, 3.05) is 7.11 Å². The van der Waals surface area contributed by atoms with E-state index in [9.17, 15) is 14.0 Å². The predicted octanol–water partition coefficient (Wildman–Crippen LogP) is 3.85. The maximum absolute atomic E-state index is 13.2. The van der Waals surface area contributed by atoms with Crippen LogP contribution in [0, 0.1) is 5.82 Å². The lowest BCUT2D eigenvalue weighted by atomic mass is 10.1. The van der Waals surface area contributed by atoms with Crippen molar-refractivity contribution in [2.45, 2.75) is 57.7 Å². The number of amides is 2. The number of halogens is 1. The number of carbonyl (C=O) groups excluding carboxylic acids is 2. The van der Waals surface area contributed by atoms with E-state index >= 15 is 0 Å². The summed E-state index contributed by atoms with van der Waals surface area (Å²) >= 11 is 0. The molecule has 6 heteroatoms. The van der Waals surface area contributed by atoms with Gasteiger partial charge in [-0.2, -0.15) is 0 Å². The van der Waals surface area contributed by atoms with Crippen LogP contribution in [0.3, 0.4) is 0 Å². The number of carbonyl (C=O) groups is 2. The summed E-state index contributed by atoms with van der Waals surface area (Å²) in [5, 5.41) is 3.09. The second kappa shape index (κ2) is 10.2. The molecule has 2 aromatic rings. The smallest absolute Gasteiger partial charge is 0.242 e. The first-order valence-corrected chi connectivity index (χ1v) is 10.4. The summed E-state index contributed by atoms with van der Waals surface area (Å²) in [4.78, 5) is 27.6. The Hall–Kier alpha value is -2.89. The molecule has 0 saturated heterocycles. The van der Waals surface area contributed by atoms with Crippen LogP contribution in [0.5, 0.6) is 5.75 Å². The predicted molar refractivity (Wildman–Crippen MR) is 114 cm³/mol. The van der Waals surface area contributed by atoms with Gasteiger partial charge in [-0.25, -0.2) is 4.39 Å². The molecule has 0 aromatic heterocycles. The van der Waals surface area contributed by atoms with Crippen LogP contribution in [0.15, 0.2) is 48.5 Å². The molecule has 1 fully saturated rings. The second-order valence-corrected chi connectivity index (χ2v) is 7.84. The summed E-state index contributed by atoms with van der Waals surface area (Å²) < 4.78 is 18.4. The van der Waals surface area contributed by atoms with E-state index in [1.165, 1.54) is 12.1 Å². The van der Waals surface area contributed by atoms with Crippen molar-refractivity contribution in [3.05, 3.63) is 65.5 Å². The molecule has 1 unspecified atom stereocenters. The Kier molecular flexibility index (Phi) is 7.44. The first kappa shape index (κ1) is 21.8. The fraction of sp³-hybridized carbons (Fsp3) is 0.417. The summed E-state index contributed by atoms with van der Waals surface area (Å²) in [6, 6.07) is 12.9. The van der Waals surface area contributed by atoms with E-state index < -0.39 is 6.04 Å². The third kappa shape index (κ3) is 5.81. The largest absolute Gasteiger partial charge is 0.497 e. The molecule has 0 heterocycles. The lowest BCUT2D eigenvalue weighted by molar-refractivity contribution is -0.140. The van der Waals surface area contributed by atoms with Gasteiger partial charge in [-0.3, -0.25) is 9.59 Å². The molecule has 2 amide bonds. The summed E-state index contributed by atoms with van der Waals surface area (Å²) in [5.41, 5.74) is 1.62. The van der Waals surface area contributed by atoms with Gasteiger partial charge in [0.25, 0.3) is 0 Å². The summed E-state index contributed by atoms with van der Waals surface area (Å²) in [7, 11) is 1.60. The minimum Gasteiger partial charge on any atom is -0.497 e. The minimum atomic E-state index is -0.611. The van der Waals surface area contributed by atoms with Crippen LogP contribution in [0.4, 0.5) is 4.39 Å². The number of nitrogens with zero attached hydrogens (tertiary/aromatic N) is 1. The Bertz CT molecular complexity index is 846. The summed E-state index contributed by atoms with van der Waals surface area (Å²) in [6.07, 6.45) is 4.33. The van der Waals surface area contributed by atoms with Crippen LogP contribution in [0.25, 0.3) is 0 Å². The van der Waals surface area contributed by atoms with E-state index in [2.05, 4.69) is 5.32 Å². The molecule has 3 rings (SSSR count). The Morgan fingerprint density at radius 3 is 2.27 bits per heavy atom. The molecule has 1 N–H and O–H groups in total. The molecule has 1 aliphatic carbocycles. The fourth-order valence-electron chi connectivity index (χ4n) is 3.78. The number of hydrogen-bond donors (Lipinski definition) is 1. The highest BCUT2D eigenvalue weighted by Crippen LogP contribution is 2.19. The molecular weight excluding hydrogens is 383 g/mol. The van der Waals surface area contributed by atoms with Crippen LogP contribution >= 0.6 is 0 Å². The van der Waals surface area contributed by atoms with E-state index in [4.69, 9.17) is 4.74 Å². The standard InChI is InChI=1S/C24H29FN2O3/c1-17(24(29)26-21-5-3-4-6-21)27(16-19-9-13-22(30-2)14-10-19)23(28)15-18-7-11-20(25)12-8-18/h7-14,17,21H,3-6,15-16H2,1-2H3,(H,26,29). The van der Waals surface area contributed by atoms with Crippen molar-refractivity contribution in [3.8, 4) is 5.75 Å². The number of methoxy groups -OCH3 is 1. The molecule has 160 valence electrons. The van der Waals surface area contributed by atoms with Crippen LogP contribution in [0.2, 0.25) is 0 Å². The van der Waals surface area contributed by atoms with E-state index in [1.54, 1.807) is 31.1 Å². The molecule has 30 heavy (non-hydrogen) atoms. The molecule has 1 saturated carbocycles. The molecule has 2 aromatic carbocycles. The van der Waals surface area contributed by atoms with Crippen molar-refractivity contribution in [2.24, 2.45) is 0 Å². The number of rotatable bonds is 8. The second-order valence-electron chi connectivity index (χ2n) is 7.84. The number of benzene rings is 2. The SMILES string of the molecule is COc1ccc(CN(C(=O)Cc2ccc(F)cc2)C(C)C(=O)NC2CCCC2)cc1. The molecule has 5 nitrogen and oxygen atoms in total. The fourth-order valence-corrected chi connectivity index (χ4v) is 3.78. The Labute approximate surface area is 177 Å². The number of hydrogen-bond acceptors (Lipinski definition) is 3. The zero-order valence-electron chi connectivity index (χ0n) is 17.6. The van der Waals surface area contributed by atoms with Gasteiger partial charge >= 0.3 is 0 Å². The highest BCUT2D eigenvalue weighted by molar-refractivity contribution is 5.88. The van der Waals surface area contributed by atoms with Gasteiger partial charge in [0.05, 0.1) is 13.5 Å². The average Bonchev–Trinajstić information content (AvgIpc) is 3.26. The topological polar surface area (TPSA) is 58.6 Å². The zero-order valence-corrected chi connectivity index (χ0v) is 17.6. The van der Waals surface area contributed by atoms with Gasteiger partial charge in [-0.05, 0) is 55.2 Å². The highest BCUT2D eigenvalue weighted by atomic mass is 19.1. The zero-order chi connectivity index (χ0) is 21.5. The van der Waals surface area contributed by atoms with Gasteiger partial charge < -0.3 is 15.0 Å². The maximum Gasteiger partial charge on any atom is 0.242 e. The monoisotopic (exact) mass is 412 g/mol. The van der Waals surface area contributed by atoms with Crippen molar-refractivity contribution < 1.29 is 18.7 Å². The number of ether oxygens (including phenoxy) is 1. The van der Waals surface area contributed by atoms with E-state index in [0.717, 1.165) is 37.0 Å². The summed E-state index contributed by atoms with van der Waals surface area (Å²) in [6.45, 7) is 2.07. The van der Waals surface area contributed by atoms with Gasteiger partial charge in [0.1, 0.15) is 17.6 Å². The van der Waals surface area contributed by atoms with Crippen LogP contribution in [0.1, 0.15) is 43.7 Å². The lowest BCUT2D eigenvalue weighted by Gasteiger charge is -2.30. The van der Waals surface area contributed by atoms with Crippen LogP contribution in [-0.4, -0.2) is 35.9 Å². The van der Waals surface area contributed by atoms with Gasteiger partial charge in [-0.15, -0.1) is 0 Å². The Morgan fingerprint density at radius 1 is 1.07 bits per heavy atom. The van der Waals surface area contributed by atoms with Crippen LogP contribution in [-0.2, 0) is 22.6 Å². The molecule has 0 aliphatic heterocycles. The Morgan fingerprint density at radius 2 is 1.67 bits per heavy atom. The number of nitrogens with one attached hydrogen (secondary N) is 1. The van der Waals surface area contributed by atoms with Gasteiger partial charge in [0.15, 0.2) is 0 Å². The third-order valence-electron chi connectivity index (χ3n) is 5.65. The first-order valence-electron chi connectivity index (χ1n) is 10.4. The molecule has 1 atom stereocenters. The van der Waals surface area contributed by atoms with E-state index in [-0.39, 0.29) is 30.1 Å². The van der Waals surface area contributed by atoms with Crippen molar-refractivity contribution >= 4 is 11.8 Å². The first-order chi connectivity index (χ1) is 14.5. The molecule has 0 spiro atoms. The highest BCUT2D eigenvalue weighted by Gasteiger charge is 2.28. The van der Waals surface area contributed by atoms with Gasteiger partial charge in [0, 0.05) is 12.6 Å². The third-order valence-corrected chi connectivity index (χ3v) is 5.65. The lowest BCUT2D eigenvalue weighted by Crippen LogP contribution is -2.50. The van der Waals surface area contributed by atoms with Crippen molar-refractivity contribution in [1.29, 1.82) is 0 Å². The average molecular weight is 413 g/mol.